The Morgan fingerprint density at radius 3 is 2.47 bits per heavy atom. The Balaban J connectivity index is 2.77. The van der Waals surface area contributed by atoms with Crippen LogP contribution in [0.15, 0.2) is 24.3 Å². The molecule has 0 spiro atoms. The number of nitrogens with two attached hydrogens (primary N) is 1. The molecule has 0 heterocycles. The summed E-state index contributed by atoms with van der Waals surface area (Å²) in [7, 11) is 1.68. The molecule has 3 nitrogen and oxygen atoms in total. The van der Waals surface area contributed by atoms with Gasteiger partial charge in [-0.05, 0) is 36.5 Å². The lowest BCUT2D eigenvalue weighted by molar-refractivity contribution is -0.0274. The topological polar surface area (TPSA) is 44.5 Å². The van der Waals surface area contributed by atoms with E-state index in [1.807, 2.05) is 25.1 Å². The SMILES string of the molecule is CCOC(C(N)Cc1cccc(OC)c1)C(C)(C)C. The molecule has 0 radical (unpaired) electrons. The largest absolute Gasteiger partial charge is 0.497 e. The van der Waals surface area contributed by atoms with E-state index in [-0.39, 0.29) is 17.6 Å². The first-order valence-corrected chi connectivity index (χ1v) is 6.88. The van der Waals surface area contributed by atoms with Gasteiger partial charge in [-0.3, -0.25) is 0 Å². The van der Waals surface area contributed by atoms with Gasteiger partial charge in [0.05, 0.1) is 13.2 Å². The van der Waals surface area contributed by atoms with Crippen LogP contribution >= 0.6 is 0 Å². The van der Waals surface area contributed by atoms with Crippen molar-refractivity contribution in [2.24, 2.45) is 11.1 Å². The van der Waals surface area contributed by atoms with Crippen LogP contribution in [0.2, 0.25) is 0 Å². The molecule has 1 rings (SSSR count). The predicted octanol–water partition coefficient (Wildman–Crippen LogP) is 3.02. The second-order valence-electron chi connectivity index (χ2n) is 5.96. The number of benzene rings is 1. The van der Waals surface area contributed by atoms with E-state index >= 15 is 0 Å². The highest BCUT2D eigenvalue weighted by Gasteiger charge is 2.30. The number of methoxy groups -OCH3 is 1. The molecule has 1 aromatic carbocycles. The zero-order valence-corrected chi connectivity index (χ0v) is 12.8. The van der Waals surface area contributed by atoms with E-state index in [2.05, 4.69) is 26.8 Å². The summed E-state index contributed by atoms with van der Waals surface area (Å²) in [6.45, 7) is 9.20. The van der Waals surface area contributed by atoms with Crippen molar-refractivity contribution in [1.29, 1.82) is 0 Å². The van der Waals surface area contributed by atoms with E-state index in [0.717, 1.165) is 12.2 Å². The minimum atomic E-state index is -0.0212. The molecule has 0 aliphatic heterocycles. The highest BCUT2D eigenvalue weighted by atomic mass is 16.5. The molecule has 2 atom stereocenters. The maximum absolute atomic E-state index is 6.35. The van der Waals surface area contributed by atoms with E-state index in [9.17, 15) is 0 Å². The summed E-state index contributed by atoms with van der Waals surface area (Å²) < 4.78 is 11.1. The van der Waals surface area contributed by atoms with Gasteiger partial charge in [-0.1, -0.05) is 32.9 Å². The maximum atomic E-state index is 6.35. The molecule has 2 unspecified atom stereocenters. The van der Waals surface area contributed by atoms with E-state index < -0.39 is 0 Å². The van der Waals surface area contributed by atoms with Crippen molar-refractivity contribution >= 4 is 0 Å². The fourth-order valence-corrected chi connectivity index (χ4v) is 2.37. The molecule has 0 saturated carbocycles. The number of rotatable bonds is 6. The van der Waals surface area contributed by atoms with Gasteiger partial charge in [-0.2, -0.15) is 0 Å². The number of hydrogen-bond donors (Lipinski definition) is 1. The molecule has 0 amide bonds. The quantitative estimate of drug-likeness (QED) is 0.860. The fraction of sp³-hybridized carbons (Fsp3) is 0.625. The summed E-state index contributed by atoms with van der Waals surface area (Å²) in [6.07, 6.45) is 0.836. The first-order valence-electron chi connectivity index (χ1n) is 6.88. The summed E-state index contributed by atoms with van der Waals surface area (Å²) in [5.41, 5.74) is 7.57. The van der Waals surface area contributed by atoms with Crippen molar-refractivity contribution in [3.05, 3.63) is 29.8 Å². The zero-order valence-electron chi connectivity index (χ0n) is 12.8. The Morgan fingerprint density at radius 2 is 1.95 bits per heavy atom. The van der Waals surface area contributed by atoms with Crippen molar-refractivity contribution in [2.75, 3.05) is 13.7 Å². The van der Waals surface area contributed by atoms with Crippen molar-refractivity contribution in [2.45, 2.75) is 46.3 Å². The summed E-state index contributed by atoms with van der Waals surface area (Å²) >= 11 is 0. The maximum Gasteiger partial charge on any atom is 0.119 e. The average molecular weight is 265 g/mol. The molecule has 3 heteroatoms. The molecule has 0 saturated heterocycles. The third-order valence-corrected chi connectivity index (χ3v) is 3.19. The van der Waals surface area contributed by atoms with Gasteiger partial charge in [-0.25, -0.2) is 0 Å². The third-order valence-electron chi connectivity index (χ3n) is 3.19. The summed E-state index contributed by atoms with van der Waals surface area (Å²) in [5, 5.41) is 0. The molecule has 2 N–H and O–H groups in total. The summed E-state index contributed by atoms with van der Waals surface area (Å²) in [4.78, 5) is 0. The van der Waals surface area contributed by atoms with Crippen LogP contribution < -0.4 is 10.5 Å². The second kappa shape index (κ2) is 6.92. The van der Waals surface area contributed by atoms with Gasteiger partial charge in [0.25, 0.3) is 0 Å². The van der Waals surface area contributed by atoms with Gasteiger partial charge < -0.3 is 15.2 Å². The zero-order chi connectivity index (χ0) is 14.5. The van der Waals surface area contributed by atoms with E-state index in [0.29, 0.717) is 6.61 Å². The molecule has 0 aliphatic rings. The van der Waals surface area contributed by atoms with Gasteiger partial charge >= 0.3 is 0 Å². The van der Waals surface area contributed by atoms with Gasteiger partial charge in [0.15, 0.2) is 0 Å². The molecule has 108 valence electrons. The number of hydrogen-bond acceptors (Lipinski definition) is 3. The van der Waals surface area contributed by atoms with Crippen LogP contribution in [0.4, 0.5) is 0 Å². The average Bonchev–Trinajstić information content (AvgIpc) is 2.34. The first-order chi connectivity index (χ1) is 8.88. The lowest BCUT2D eigenvalue weighted by Gasteiger charge is -2.35. The smallest absolute Gasteiger partial charge is 0.119 e. The lowest BCUT2D eigenvalue weighted by Crippen LogP contribution is -2.46. The van der Waals surface area contributed by atoms with Crippen molar-refractivity contribution in [3.63, 3.8) is 0 Å². The Kier molecular flexibility index (Phi) is 5.83. The van der Waals surface area contributed by atoms with Crippen molar-refractivity contribution in [3.8, 4) is 5.75 Å². The molecule has 0 aromatic heterocycles. The Hall–Kier alpha value is -1.06. The van der Waals surface area contributed by atoms with E-state index in [4.69, 9.17) is 15.2 Å². The predicted molar refractivity (Wildman–Crippen MR) is 79.5 cm³/mol. The second-order valence-corrected chi connectivity index (χ2v) is 5.96. The Bertz CT molecular complexity index is 385. The lowest BCUT2D eigenvalue weighted by atomic mass is 9.82. The molecule has 0 bridgehead atoms. The van der Waals surface area contributed by atoms with E-state index in [1.54, 1.807) is 7.11 Å². The molecule has 0 aliphatic carbocycles. The van der Waals surface area contributed by atoms with Crippen molar-refractivity contribution < 1.29 is 9.47 Å². The van der Waals surface area contributed by atoms with Crippen LogP contribution in [-0.4, -0.2) is 25.9 Å². The van der Waals surface area contributed by atoms with Crippen LogP contribution in [-0.2, 0) is 11.2 Å². The minimum Gasteiger partial charge on any atom is -0.497 e. The molecule has 0 fully saturated rings. The monoisotopic (exact) mass is 265 g/mol. The summed E-state index contributed by atoms with van der Waals surface area (Å²) in [6, 6.07) is 8.03. The standard InChI is InChI=1S/C16H27NO2/c1-6-19-15(16(2,3)4)14(17)11-12-8-7-9-13(10-12)18-5/h7-10,14-15H,6,11,17H2,1-5H3. The molecule has 19 heavy (non-hydrogen) atoms. The van der Waals surface area contributed by atoms with Crippen LogP contribution in [0.25, 0.3) is 0 Å². The molecular formula is C16H27NO2. The normalized spacial score (nSPS) is 15.1. The van der Waals surface area contributed by atoms with Crippen LogP contribution in [0.1, 0.15) is 33.3 Å². The third kappa shape index (κ3) is 4.84. The molecular weight excluding hydrogens is 238 g/mol. The van der Waals surface area contributed by atoms with Crippen LogP contribution in [0.3, 0.4) is 0 Å². The Morgan fingerprint density at radius 1 is 1.26 bits per heavy atom. The minimum absolute atomic E-state index is 0.0212. The number of ether oxygens (including phenoxy) is 2. The van der Waals surface area contributed by atoms with Gasteiger partial charge in [-0.15, -0.1) is 0 Å². The highest BCUT2D eigenvalue weighted by molar-refractivity contribution is 5.29. The Labute approximate surface area is 117 Å². The fourth-order valence-electron chi connectivity index (χ4n) is 2.37. The molecule has 1 aromatic rings. The van der Waals surface area contributed by atoms with Gasteiger partial charge in [0.2, 0.25) is 0 Å². The van der Waals surface area contributed by atoms with E-state index in [1.165, 1.54) is 5.56 Å². The first kappa shape index (κ1) is 16.0. The van der Waals surface area contributed by atoms with Gasteiger partial charge in [0, 0.05) is 12.6 Å². The highest BCUT2D eigenvalue weighted by Crippen LogP contribution is 2.26. The van der Waals surface area contributed by atoms with Crippen LogP contribution in [0, 0.1) is 5.41 Å². The van der Waals surface area contributed by atoms with Gasteiger partial charge in [0.1, 0.15) is 5.75 Å². The summed E-state index contributed by atoms with van der Waals surface area (Å²) in [5.74, 6) is 0.869. The van der Waals surface area contributed by atoms with Crippen molar-refractivity contribution in [1.82, 2.24) is 0 Å². The van der Waals surface area contributed by atoms with Crippen LogP contribution in [0.5, 0.6) is 5.75 Å².